The summed E-state index contributed by atoms with van der Waals surface area (Å²) in [6.07, 6.45) is -0.224. The molecule has 6 nitrogen and oxygen atoms in total. The first-order chi connectivity index (χ1) is 8.24. The highest BCUT2D eigenvalue weighted by Gasteiger charge is 2.19. The fraction of sp³-hybridized carbons (Fsp3) is 0.846. The first-order valence-electron chi connectivity index (χ1n) is 6.15. The number of carbonyl (C=O) groups is 2. The summed E-state index contributed by atoms with van der Waals surface area (Å²) in [7, 11) is 0. The lowest BCUT2D eigenvalue weighted by atomic mass is 10.1. The fourth-order valence-corrected chi connectivity index (χ4v) is 1.32. The number of ether oxygens (including phenoxy) is 1. The molecule has 0 aliphatic carbocycles. The van der Waals surface area contributed by atoms with Crippen molar-refractivity contribution >= 4 is 11.9 Å². The van der Waals surface area contributed by atoms with Crippen LogP contribution in [-0.4, -0.2) is 39.4 Å². The van der Waals surface area contributed by atoms with E-state index in [1.54, 1.807) is 0 Å². The molecule has 0 radical (unpaired) electrons. The van der Waals surface area contributed by atoms with E-state index in [0.717, 1.165) is 0 Å². The quantitative estimate of drug-likeness (QED) is 0.723. The Bertz CT molecular complexity index is 276. The van der Waals surface area contributed by atoms with Gasteiger partial charge in [0.05, 0.1) is 11.2 Å². The third-order valence-corrected chi connectivity index (χ3v) is 1.60. The van der Waals surface area contributed by atoms with Gasteiger partial charge in [-0.25, -0.2) is 0 Å². The summed E-state index contributed by atoms with van der Waals surface area (Å²) in [6.45, 7) is 12.4. The van der Waals surface area contributed by atoms with Crippen LogP contribution < -0.4 is 5.73 Å². The van der Waals surface area contributed by atoms with Gasteiger partial charge in [-0.1, -0.05) is 0 Å². The molecule has 0 amide bonds. The van der Waals surface area contributed by atoms with E-state index in [2.05, 4.69) is 41.5 Å². The molecule has 0 aliphatic rings. The number of nitrogens with two attached hydrogens (primary N) is 1. The lowest BCUT2D eigenvalue weighted by molar-refractivity contribution is -0.139. The van der Waals surface area contributed by atoms with E-state index < -0.39 is 18.0 Å². The number of carboxylic acids is 2. The first-order valence-corrected chi connectivity index (χ1v) is 6.15. The molecule has 0 spiro atoms. The predicted octanol–water partition coefficient (Wildman–Crippen LogP) is 1.86. The second kappa shape index (κ2) is 8.12. The second-order valence-corrected chi connectivity index (χ2v) is 6.20. The standard InChI is InChI=1S/C8H18O.C5H9NO4/c1-7(2,3)9-8(4,5)6;6-3(5(9)10)1-2-4(7)8/h1-6H3;3H,1-2,6H2,(H,7,8)(H,9,10)/t;3-/m.0/s1. The Labute approximate surface area is 114 Å². The third kappa shape index (κ3) is 19.4. The molecule has 0 aromatic heterocycles. The van der Waals surface area contributed by atoms with Crippen LogP contribution in [0.1, 0.15) is 54.4 Å². The third-order valence-electron chi connectivity index (χ3n) is 1.60. The number of aliphatic carboxylic acids is 2. The van der Waals surface area contributed by atoms with Crippen LogP contribution in [0.15, 0.2) is 0 Å². The molecule has 0 saturated heterocycles. The SMILES string of the molecule is CC(C)(C)OC(C)(C)C.N[C@@H](CCC(=O)O)C(=O)O. The van der Waals surface area contributed by atoms with E-state index in [0.29, 0.717) is 0 Å². The van der Waals surface area contributed by atoms with Gasteiger partial charge in [0.25, 0.3) is 0 Å². The summed E-state index contributed by atoms with van der Waals surface area (Å²) >= 11 is 0. The zero-order chi connectivity index (χ0) is 15.9. The summed E-state index contributed by atoms with van der Waals surface area (Å²) in [5.41, 5.74) is 4.97. The Hall–Kier alpha value is -1.14. The van der Waals surface area contributed by atoms with Crippen molar-refractivity contribution in [1.82, 2.24) is 0 Å². The summed E-state index contributed by atoms with van der Waals surface area (Å²) < 4.78 is 5.62. The smallest absolute Gasteiger partial charge is 0.320 e. The van der Waals surface area contributed by atoms with Gasteiger partial charge in [-0.15, -0.1) is 0 Å². The van der Waals surface area contributed by atoms with Crippen LogP contribution in [0.3, 0.4) is 0 Å². The summed E-state index contributed by atoms with van der Waals surface area (Å²) in [5.74, 6) is -2.20. The van der Waals surface area contributed by atoms with Crippen molar-refractivity contribution in [1.29, 1.82) is 0 Å². The molecule has 6 heteroatoms. The van der Waals surface area contributed by atoms with Crippen LogP contribution in [-0.2, 0) is 14.3 Å². The van der Waals surface area contributed by atoms with Gasteiger partial charge in [0.1, 0.15) is 6.04 Å². The molecule has 0 fully saturated rings. The van der Waals surface area contributed by atoms with Crippen LogP contribution in [0.25, 0.3) is 0 Å². The molecule has 0 saturated carbocycles. The Kier molecular flexibility index (Phi) is 8.62. The minimum atomic E-state index is -1.17. The highest BCUT2D eigenvalue weighted by Crippen LogP contribution is 2.17. The van der Waals surface area contributed by atoms with Gasteiger partial charge in [0.15, 0.2) is 0 Å². The number of hydrogen-bond donors (Lipinski definition) is 3. The number of rotatable bonds is 4. The van der Waals surface area contributed by atoms with Crippen molar-refractivity contribution in [3.8, 4) is 0 Å². The maximum atomic E-state index is 9.99. The van der Waals surface area contributed by atoms with Gasteiger partial charge in [0.2, 0.25) is 0 Å². The highest BCUT2D eigenvalue weighted by atomic mass is 16.5. The summed E-state index contributed by atoms with van der Waals surface area (Å²) in [4.78, 5) is 19.9. The maximum absolute atomic E-state index is 9.99. The van der Waals surface area contributed by atoms with E-state index in [1.807, 2.05) is 0 Å². The minimum Gasteiger partial charge on any atom is -0.481 e. The first kappa shape index (κ1) is 20.2. The highest BCUT2D eigenvalue weighted by molar-refractivity contribution is 5.74. The van der Waals surface area contributed by atoms with Crippen LogP contribution in [0.2, 0.25) is 0 Å². The van der Waals surface area contributed by atoms with E-state index in [4.69, 9.17) is 20.7 Å². The van der Waals surface area contributed by atoms with Gasteiger partial charge < -0.3 is 20.7 Å². The molecule has 19 heavy (non-hydrogen) atoms. The van der Waals surface area contributed by atoms with E-state index >= 15 is 0 Å². The zero-order valence-electron chi connectivity index (χ0n) is 12.7. The molecule has 0 aromatic carbocycles. The monoisotopic (exact) mass is 277 g/mol. The average molecular weight is 277 g/mol. The Balaban J connectivity index is 0. The fourth-order valence-electron chi connectivity index (χ4n) is 1.32. The zero-order valence-corrected chi connectivity index (χ0v) is 12.7. The van der Waals surface area contributed by atoms with Crippen molar-refractivity contribution in [3.63, 3.8) is 0 Å². The largest absolute Gasteiger partial charge is 0.481 e. The average Bonchev–Trinajstić information content (AvgIpc) is 2.08. The summed E-state index contributed by atoms with van der Waals surface area (Å²) in [5, 5.41) is 16.3. The van der Waals surface area contributed by atoms with Crippen molar-refractivity contribution in [3.05, 3.63) is 0 Å². The van der Waals surface area contributed by atoms with Crippen molar-refractivity contribution < 1.29 is 24.5 Å². The number of hydrogen-bond acceptors (Lipinski definition) is 4. The number of carboxylic acid groups (broad SMARTS) is 2. The second-order valence-electron chi connectivity index (χ2n) is 6.20. The van der Waals surface area contributed by atoms with Gasteiger partial charge in [0, 0.05) is 6.42 Å². The molecule has 114 valence electrons. The molecule has 0 aromatic rings. The molecule has 0 aliphatic heterocycles. The lowest BCUT2D eigenvalue weighted by Crippen LogP contribution is -2.31. The van der Waals surface area contributed by atoms with Gasteiger partial charge in [-0.3, -0.25) is 9.59 Å². The van der Waals surface area contributed by atoms with Gasteiger partial charge >= 0.3 is 11.9 Å². The van der Waals surface area contributed by atoms with Gasteiger partial charge in [-0.2, -0.15) is 0 Å². The van der Waals surface area contributed by atoms with Crippen molar-refractivity contribution in [2.75, 3.05) is 0 Å². The molecule has 0 unspecified atom stereocenters. The van der Waals surface area contributed by atoms with E-state index in [1.165, 1.54) is 0 Å². The Morgan fingerprint density at radius 3 is 1.58 bits per heavy atom. The predicted molar refractivity (Wildman–Crippen MR) is 73.1 cm³/mol. The normalized spacial score (nSPS) is 13.2. The van der Waals surface area contributed by atoms with Gasteiger partial charge in [-0.05, 0) is 48.0 Å². The van der Waals surface area contributed by atoms with Crippen LogP contribution in [0.4, 0.5) is 0 Å². The molecule has 0 heterocycles. The lowest BCUT2D eigenvalue weighted by Gasteiger charge is -2.30. The molecule has 0 bridgehead atoms. The Morgan fingerprint density at radius 1 is 1.05 bits per heavy atom. The van der Waals surface area contributed by atoms with Crippen molar-refractivity contribution in [2.45, 2.75) is 71.6 Å². The van der Waals surface area contributed by atoms with E-state index in [-0.39, 0.29) is 24.0 Å². The topological polar surface area (TPSA) is 110 Å². The van der Waals surface area contributed by atoms with Crippen molar-refractivity contribution in [2.24, 2.45) is 5.73 Å². The van der Waals surface area contributed by atoms with Crippen LogP contribution >= 0.6 is 0 Å². The van der Waals surface area contributed by atoms with E-state index in [9.17, 15) is 9.59 Å². The molecular weight excluding hydrogens is 250 g/mol. The molecule has 0 rings (SSSR count). The van der Waals surface area contributed by atoms with Crippen LogP contribution in [0.5, 0.6) is 0 Å². The van der Waals surface area contributed by atoms with Crippen LogP contribution in [0, 0.1) is 0 Å². The minimum absolute atomic E-state index is 0.0156. The molecular formula is C13H27NO5. The Morgan fingerprint density at radius 2 is 1.42 bits per heavy atom. The molecule has 4 N–H and O–H groups in total. The summed E-state index contributed by atoms with van der Waals surface area (Å²) in [6, 6.07) is -1.06. The maximum Gasteiger partial charge on any atom is 0.320 e. The molecule has 1 atom stereocenters.